The molecule has 1 unspecified atom stereocenters. The largest absolute Gasteiger partial charge is 0.447 e. The number of amides is 3. The quantitative estimate of drug-likeness (QED) is 0.896. The Balaban J connectivity index is 1.63. The van der Waals surface area contributed by atoms with Crippen LogP contribution in [0.25, 0.3) is 0 Å². The fourth-order valence-electron chi connectivity index (χ4n) is 2.78. The van der Waals surface area contributed by atoms with Crippen molar-refractivity contribution < 1.29 is 14.3 Å². The van der Waals surface area contributed by atoms with Crippen LogP contribution in [0.4, 0.5) is 15.3 Å². The third kappa shape index (κ3) is 4.11. The molecule has 0 bridgehead atoms. The van der Waals surface area contributed by atoms with Gasteiger partial charge in [-0.2, -0.15) is 0 Å². The maximum atomic E-state index is 12.4. The van der Waals surface area contributed by atoms with E-state index >= 15 is 0 Å². The normalized spacial score (nSPS) is 14.7. The second-order valence-corrected chi connectivity index (χ2v) is 6.21. The van der Waals surface area contributed by atoms with E-state index in [0.29, 0.717) is 19.7 Å². The second-order valence-electron chi connectivity index (χ2n) is 6.21. The molecule has 3 amide bonds. The summed E-state index contributed by atoms with van der Waals surface area (Å²) in [6, 6.07) is 12.8. The Kier molecular flexibility index (Phi) is 5.36. The van der Waals surface area contributed by atoms with Gasteiger partial charge in [0.2, 0.25) is 0 Å². The molecule has 0 radical (unpaired) electrons. The molecular weight excluding hydrogens is 332 g/mol. The van der Waals surface area contributed by atoms with Crippen LogP contribution in [-0.2, 0) is 11.3 Å². The number of urea groups is 1. The molecule has 26 heavy (non-hydrogen) atoms. The van der Waals surface area contributed by atoms with Crippen molar-refractivity contribution in [2.45, 2.75) is 19.5 Å². The fraction of sp³-hybridized carbons (Fsp3) is 0.316. The molecule has 2 heterocycles. The summed E-state index contributed by atoms with van der Waals surface area (Å²) in [5, 5.41) is 2.97. The maximum Gasteiger partial charge on any atom is 0.414 e. The number of ether oxygens (including phenoxy) is 1. The molecule has 1 aliphatic heterocycles. The zero-order valence-electron chi connectivity index (χ0n) is 14.9. The van der Waals surface area contributed by atoms with Gasteiger partial charge >= 0.3 is 12.1 Å². The van der Waals surface area contributed by atoms with Crippen LogP contribution in [0, 0.1) is 0 Å². The van der Waals surface area contributed by atoms with E-state index in [4.69, 9.17) is 4.74 Å². The van der Waals surface area contributed by atoms with Crippen molar-refractivity contribution in [2.75, 3.05) is 25.1 Å². The second kappa shape index (κ2) is 7.86. The van der Waals surface area contributed by atoms with Gasteiger partial charge in [-0.1, -0.05) is 18.2 Å². The highest BCUT2D eigenvalue weighted by Crippen LogP contribution is 2.23. The molecule has 7 heteroatoms. The number of anilines is 1. The van der Waals surface area contributed by atoms with Crippen molar-refractivity contribution in [3.05, 3.63) is 59.9 Å². The lowest BCUT2D eigenvalue weighted by Crippen LogP contribution is -2.38. The van der Waals surface area contributed by atoms with E-state index in [1.54, 1.807) is 23.0 Å². The summed E-state index contributed by atoms with van der Waals surface area (Å²) in [7, 11) is 1.73. The summed E-state index contributed by atoms with van der Waals surface area (Å²) in [5.74, 6) is 0. The first-order valence-corrected chi connectivity index (χ1v) is 8.50. The standard InChI is InChI=1S/C19H22N4O3/c1-14(21-18(24)22(2)13-16-7-3-4-9-20-16)15-6-5-8-17(12-15)23-10-11-26-19(23)25/h3-9,12,14H,10-11,13H2,1-2H3,(H,21,24). The van der Waals surface area contributed by atoms with Gasteiger partial charge in [-0.05, 0) is 36.8 Å². The number of rotatable bonds is 5. The highest BCUT2D eigenvalue weighted by Gasteiger charge is 2.24. The van der Waals surface area contributed by atoms with Crippen LogP contribution in [0.15, 0.2) is 48.7 Å². The maximum absolute atomic E-state index is 12.4. The third-order valence-electron chi connectivity index (χ3n) is 4.25. The Bertz CT molecular complexity index is 781. The fourth-order valence-corrected chi connectivity index (χ4v) is 2.78. The number of hydrogen-bond acceptors (Lipinski definition) is 4. The number of benzene rings is 1. The van der Waals surface area contributed by atoms with Gasteiger partial charge in [-0.15, -0.1) is 0 Å². The summed E-state index contributed by atoms with van der Waals surface area (Å²) >= 11 is 0. The van der Waals surface area contributed by atoms with Crippen molar-refractivity contribution in [3.63, 3.8) is 0 Å². The van der Waals surface area contributed by atoms with Crippen molar-refractivity contribution >= 4 is 17.8 Å². The molecule has 7 nitrogen and oxygen atoms in total. The molecular formula is C19H22N4O3. The van der Waals surface area contributed by atoms with Crippen LogP contribution in [0.3, 0.4) is 0 Å². The van der Waals surface area contributed by atoms with Crippen LogP contribution >= 0.6 is 0 Å². The van der Waals surface area contributed by atoms with Crippen molar-refractivity contribution in [1.29, 1.82) is 0 Å². The number of aromatic nitrogens is 1. The molecule has 1 atom stereocenters. The van der Waals surface area contributed by atoms with E-state index in [2.05, 4.69) is 10.3 Å². The summed E-state index contributed by atoms with van der Waals surface area (Å²) in [6.07, 6.45) is 1.37. The summed E-state index contributed by atoms with van der Waals surface area (Å²) < 4.78 is 4.98. The highest BCUT2D eigenvalue weighted by molar-refractivity contribution is 5.89. The van der Waals surface area contributed by atoms with Crippen molar-refractivity contribution in [1.82, 2.24) is 15.2 Å². The number of hydrogen-bond donors (Lipinski definition) is 1. The number of pyridine rings is 1. The van der Waals surface area contributed by atoms with E-state index in [-0.39, 0.29) is 18.2 Å². The number of cyclic esters (lactones) is 1. The Morgan fingerprint density at radius 1 is 1.35 bits per heavy atom. The minimum atomic E-state index is -0.339. The first kappa shape index (κ1) is 17.7. The van der Waals surface area contributed by atoms with Gasteiger partial charge in [0.1, 0.15) is 6.61 Å². The van der Waals surface area contributed by atoms with Crippen LogP contribution in [0.2, 0.25) is 0 Å². The summed E-state index contributed by atoms with van der Waals surface area (Å²) in [5.41, 5.74) is 2.52. The molecule has 2 aromatic rings. The minimum Gasteiger partial charge on any atom is -0.447 e. The Morgan fingerprint density at radius 2 is 2.19 bits per heavy atom. The monoisotopic (exact) mass is 354 g/mol. The molecule has 1 aromatic heterocycles. The van der Waals surface area contributed by atoms with E-state index in [0.717, 1.165) is 16.9 Å². The van der Waals surface area contributed by atoms with Gasteiger partial charge < -0.3 is 15.0 Å². The van der Waals surface area contributed by atoms with Crippen LogP contribution in [-0.4, -0.2) is 42.2 Å². The molecule has 0 aliphatic carbocycles. The van der Waals surface area contributed by atoms with Crippen LogP contribution in [0.5, 0.6) is 0 Å². The lowest BCUT2D eigenvalue weighted by Gasteiger charge is -2.22. The van der Waals surface area contributed by atoms with E-state index in [1.165, 1.54) is 0 Å². The minimum absolute atomic E-state index is 0.186. The molecule has 1 saturated heterocycles. The van der Waals surface area contributed by atoms with Crippen molar-refractivity contribution in [2.24, 2.45) is 0 Å². The van der Waals surface area contributed by atoms with Crippen molar-refractivity contribution in [3.8, 4) is 0 Å². The first-order valence-electron chi connectivity index (χ1n) is 8.50. The predicted molar refractivity (Wildman–Crippen MR) is 97.8 cm³/mol. The molecule has 136 valence electrons. The molecule has 1 N–H and O–H groups in total. The van der Waals surface area contributed by atoms with Gasteiger partial charge in [0.15, 0.2) is 0 Å². The van der Waals surface area contributed by atoms with E-state index < -0.39 is 0 Å². The van der Waals surface area contributed by atoms with Gasteiger partial charge in [0.05, 0.1) is 24.8 Å². The average Bonchev–Trinajstić information content (AvgIpc) is 3.08. The van der Waals surface area contributed by atoms with Crippen LogP contribution in [0.1, 0.15) is 24.2 Å². The SMILES string of the molecule is CC(NC(=O)N(C)Cc1ccccn1)c1cccc(N2CCOC2=O)c1. The molecule has 0 spiro atoms. The van der Waals surface area contributed by atoms with Gasteiger partial charge in [-0.3, -0.25) is 9.88 Å². The smallest absolute Gasteiger partial charge is 0.414 e. The zero-order chi connectivity index (χ0) is 18.5. The first-order chi connectivity index (χ1) is 12.5. The lowest BCUT2D eigenvalue weighted by atomic mass is 10.1. The number of carbonyl (C=O) groups excluding carboxylic acids is 2. The predicted octanol–water partition coefficient (Wildman–Crippen LogP) is 2.94. The highest BCUT2D eigenvalue weighted by atomic mass is 16.6. The number of nitrogens with one attached hydrogen (secondary N) is 1. The van der Waals surface area contributed by atoms with Gasteiger partial charge in [-0.25, -0.2) is 9.59 Å². The lowest BCUT2D eigenvalue weighted by molar-refractivity contribution is 0.181. The van der Waals surface area contributed by atoms with Gasteiger partial charge in [0.25, 0.3) is 0 Å². The van der Waals surface area contributed by atoms with E-state index in [1.807, 2.05) is 49.4 Å². The molecule has 1 fully saturated rings. The van der Waals surface area contributed by atoms with E-state index in [9.17, 15) is 9.59 Å². The Labute approximate surface area is 152 Å². The molecule has 3 rings (SSSR count). The summed E-state index contributed by atoms with van der Waals surface area (Å²) in [4.78, 5) is 31.5. The molecule has 1 aromatic carbocycles. The topological polar surface area (TPSA) is 74.8 Å². The number of nitrogens with zero attached hydrogens (tertiary/aromatic N) is 3. The average molecular weight is 354 g/mol. The molecule has 0 saturated carbocycles. The zero-order valence-corrected chi connectivity index (χ0v) is 14.9. The summed E-state index contributed by atoms with van der Waals surface area (Å²) in [6.45, 7) is 3.27. The third-order valence-corrected chi connectivity index (χ3v) is 4.25. The van der Waals surface area contributed by atoms with Gasteiger partial charge in [0, 0.05) is 18.9 Å². The van der Waals surface area contributed by atoms with Crippen LogP contribution < -0.4 is 10.2 Å². The molecule has 1 aliphatic rings. The number of carbonyl (C=O) groups is 2. The Morgan fingerprint density at radius 3 is 2.88 bits per heavy atom. The Hall–Kier alpha value is -3.09.